The maximum Gasteiger partial charge on any atom is 0.255 e. The van der Waals surface area contributed by atoms with E-state index in [-0.39, 0.29) is 48.3 Å². The van der Waals surface area contributed by atoms with Gasteiger partial charge in [-0.15, -0.1) is 24.8 Å². The third-order valence-corrected chi connectivity index (χ3v) is 3.45. The van der Waals surface area contributed by atoms with E-state index in [2.05, 4.69) is 15.3 Å². The zero-order valence-electron chi connectivity index (χ0n) is 11.2. The van der Waals surface area contributed by atoms with Crippen LogP contribution >= 0.6 is 24.8 Å². The molecule has 9 heteroatoms. The lowest BCUT2D eigenvalue weighted by Gasteiger charge is -2.29. The van der Waals surface area contributed by atoms with Crippen molar-refractivity contribution in [2.75, 3.05) is 18.8 Å². The second-order valence-electron chi connectivity index (χ2n) is 4.70. The molecule has 3 heterocycles. The number of nitrogens with zero attached hydrogens (tertiary/aromatic N) is 2. The zero-order chi connectivity index (χ0) is 13.4. The predicted molar refractivity (Wildman–Crippen MR) is 83.8 cm³/mol. The Labute approximate surface area is 133 Å². The number of hydrogen-bond donors (Lipinski definition) is 3. The largest absolute Gasteiger partial charge is 0.369 e. The number of nitrogens with one attached hydrogen (secondary N) is 2. The van der Waals surface area contributed by atoms with E-state index in [4.69, 9.17) is 5.73 Å². The molecule has 0 saturated carbocycles. The fraction of sp³-hybridized carbons (Fsp3) is 0.417. The third-order valence-electron chi connectivity index (χ3n) is 3.45. The van der Waals surface area contributed by atoms with E-state index in [1.807, 2.05) is 12.2 Å². The maximum atomic E-state index is 12.2. The minimum atomic E-state index is -0.263. The number of carbonyl (C=O) groups excluding carboxylic acids is 1. The van der Waals surface area contributed by atoms with Gasteiger partial charge in [0.1, 0.15) is 6.04 Å². The van der Waals surface area contributed by atoms with Crippen molar-refractivity contribution in [1.82, 2.24) is 20.2 Å². The number of amides is 1. The predicted octanol–water partition coefficient (Wildman–Crippen LogP) is -0.392. The van der Waals surface area contributed by atoms with Crippen molar-refractivity contribution in [2.24, 2.45) is 0 Å². The molecule has 0 aliphatic carbocycles. The number of hydrogen-bond acceptors (Lipinski definition) is 5. The molecule has 1 aromatic rings. The molecule has 3 rings (SSSR count). The highest BCUT2D eigenvalue weighted by molar-refractivity contribution is 5.85. The fourth-order valence-corrected chi connectivity index (χ4v) is 2.48. The van der Waals surface area contributed by atoms with Gasteiger partial charge >= 0.3 is 0 Å². The number of nitrogens with two attached hydrogens (primary N) is 1. The van der Waals surface area contributed by atoms with Gasteiger partial charge in [0, 0.05) is 18.7 Å². The molecular weight excluding hydrogens is 317 g/mol. The van der Waals surface area contributed by atoms with Crippen LogP contribution < -0.4 is 16.6 Å². The van der Waals surface area contributed by atoms with Crippen molar-refractivity contribution in [1.29, 1.82) is 0 Å². The van der Waals surface area contributed by atoms with Crippen LogP contribution in [0.25, 0.3) is 0 Å². The highest BCUT2D eigenvalue weighted by Gasteiger charge is 2.28. The lowest BCUT2D eigenvalue weighted by Crippen LogP contribution is -2.46. The number of nitrogen functional groups attached to an aromatic ring is 1. The van der Waals surface area contributed by atoms with Crippen LogP contribution in [0.1, 0.15) is 11.3 Å². The van der Waals surface area contributed by atoms with Gasteiger partial charge in [-0.1, -0.05) is 12.2 Å². The van der Waals surface area contributed by atoms with Gasteiger partial charge in [0.05, 0.1) is 12.2 Å². The molecule has 0 aromatic carbocycles. The SMILES string of the molecule is Cl.Cl.Nc1nc2c(c(=O)[nH]1)CCN(C(=O)C1C=CCN1)C2. The molecule has 0 bridgehead atoms. The van der Waals surface area contributed by atoms with Gasteiger partial charge in [-0.3, -0.25) is 19.9 Å². The molecule has 7 nitrogen and oxygen atoms in total. The Balaban J connectivity index is 0.00000110. The molecule has 0 saturated heterocycles. The first-order valence-corrected chi connectivity index (χ1v) is 6.21. The van der Waals surface area contributed by atoms with Gasteiger partial charge in [0.25, 0.3) is 5.56 Å². The Morgan fingerprint density at radius 2 is 2.19 bits per heavy atom. The summed E-state index contributed by atoms with van der Waals surface area (Å²) in [7, 11) is 0. The van der Waals surface area contributed by atoms with E-state index < -0.39 is 0 Å². The first-order chi connectivity index (χ1) is 9.15. The fourth-order valence-electron chi connectivity index (χ4n) is 2.48. The number of rotatable bonds is 1. The van der Waals surface area contributed by atoms with Crippen LogP contribution in [0.5, 0.6) is 0 Å². The van der Waals surface area contributed by atoms with Crippen LogP contribution in [-0.2, 0) is 17.8 Å². The van der Waals surface area contributed by atoms with Gasteiger partial charge in [0.15, 0.2) is 0 Å². The molecule has 1 amide bonds. The Morgan fingerprint density at radius 3 is 2.86 bits per heavy atom. The van der Waals surface area contributed by atoms with Gasteiger partial charge in [-0.25, -0.2) is 4.98 Å². The highest BCUT2D eigenvalue weighted by Crippen LogP contribution is 2.15. The Morgan fingerprint density at radius 1 is 1.43 bits per heavy atom. The van der Waals surface area contributed by atoms with Crippen LogP contribution in [0.3, 0.4) is 0 Å². The van der Waals surface area contributed by atoms with Crippen LogP contribution in [0.2, 0.25) is 0 Å². The van der Waals surface area contributed by atoms with Gasteiger partial charge in [-0.2, -0.15) is 0 Å². The molecule has 2 aliphatic rings. The minimum Gasteiger partial charge on any atom is -0.369 e. The molecular formula is C12H17Cl2N5O2. The summed E-state index contributed by atoms with van der Waals surface area (Å²) in [5.74, 6) is 0.108. The van der Waals surface area contributed by atoms with E-state index >= 15 is 0 Å². The number of carbonyl (C=O) groups is 1. The quantitative estimate of drug-likeness (QED) is 0.607. The molecule has 1 atom stereocenters. The van der Waals surface area contributed by atoms with E-state index in [9.17, 15) is 9.59 Å². The van der Waals surface area contributed by atoms with E-state index in [0.29, 0.717) is 37.3 Å². The van der Waals surface area contributed by atoms with Crippen LogP contribution in [0.4, 0.5) is 5.95 Å². The van der Waals surface area contributed by atoms with Crippen molar-refractivity contribution < 1.29 is 4.79 Å². The molecule has 2 aliphatic heterocycles. The van der Waals surface area contributed by atoms with E-state index in [1.165, 1.54) is 0 Å². The zero-order valence-corrected chi connectivity index (χ0v) is 12.8. The normalized spacial score (nSPS) is 19.4. The first-order valence-electron chi connectivity index (χ1n) is 6.21. The molecule has 1 unspecified atom stereocenters. The number of fused-ring (bicyclic) bond motifs is 1. The molecule has 21 heavy (non-hydrogen) atoms. The monoisotopic (exact) mass is 333 g/mol. The summed E-state index contributed by atoms with van der Waals surface area (Å²) in [5.41, 5.74) is 6.56. The van der Waals surface area contributed by atoms with Crippen LogP contribution in [0.15, 0.2) is 16.9 Å². The summed E-state index contributed by atoms with van der Waals surface area (Å²) in [6, 6.07) is -0.263. The van der Waals surface area contributed by atoms with Crippen molar-refractivity contribution in [2.45, 2.75) is 19.0 Å². The smallest absolute Gasteiger partial charge is 0.255 e. The van der Waals surface area contributed by atoms with Gasteiger partial charge in [0.2, 0.25) is 11.9 Å². The van der Waals surface area contributed by atoms with E-state index in [1.54, 1.807) is 4.90 Å². The molecule has 116 valence electrons. The third kappa shape index (κ3) is 3.37. The van der Waals surface area contributed by atoms with Crippen molar-refractivity contribution in [3.8, 4) is 0 Å². The van der Waals surface area contributed by atoms with Crippen LogP contribution in [-0.4, -0.2) is 39.9 Å². The van der Waals surface area contributed by atoms with Gasteiger partial charge in [-0.05, 0) is 6.42 Å². The summed E-state index contributed by atoms with van der Waals surface area (Å²) in [6.45, 7) is 1.59. The topological polar surface area (TPSA) is 104 Å². The first kappa shape index (κ1) is 17.5. The van der Waals surface area contributed by atoms with E-state index in [0.717, 1.165) is 0 Å². The molecule has 0 fully saturated rings. The van der Waals surface area contributed by atoms with Crippen molar-refractivity contribution in [3.05, 3.63) is 33.8 Å². The van der Waals surface area contributed by atoms with Gasteiger partial charge < -0.3 is 10.6 Å². The number of aromatic amines is 1. The number of aromatic nitrogens is 2. The Bertz CT molecular complexity index is 616. The second kappa shape index (κ2) is 6.93. The summed E-state index contributed by atoms with van der Waals surface area (Å²) in [5, 5.41) is 3.09. The standard InChI is InChI=1S/C12H15N5O2.2ClH/c13-12-15-9-6-17(5-3-7(9)10(18)16-12)11(19)8-2-1-4-14-8;;/h1-2,8,14H,3-6H2,(H3,13,15,16,18);2*1H. The van der Waals surface area contributed by atoms with Crippen LogP contribution in [0, 0.1) is 0 Å². The lowest BCUT2D eigenvalue weighted by molar-refractivity contribution is -0.133. The Kier molecular flexibility index (Phi) is 5.77. The average Bonchev–Trinajstić information content (AvgIpc) is 2.90. The summed E-state index contributed by atoms with van der Waals surface area (Å²) < 4.78 is 0. The summed E-state index contributed by atoms with van der Waals surface area (Å²) in [6.07, 6.45) is 4.30. The Hall–Kier alpha value is -1.57. The number of anilines is 1. The lowest BCUT2D eigenvalue weighted by atomic mass is 10.1. The highest BCUT2D eigenvalue weighted by atomic mass is 35.5. The number of halogens is 2. The van der Waals surface area contributed by atoms with Crippen molar-refractivity contribution in [3.63, 3.8) is 0 Å². The number of H-pyrrole nitrogens is 1. The average molecular weight is 334 g/mol. The summed E-state index contributed by atoms with van der Waals surface area (Å²) >= 11 is 0. The van der Waals surface area contributed by atoms with Crippen molar-refractivity contribution >= 4 is 36.7 Å². The molecule has 1 aromatic heterocycles. The minimum absolute atomic E-state index is 0. The second-order valence-corrected chi connectivity index (χ2v) is 4.70. The molecule has 4 N–H and O–H groups in total. The summed E-state index contributed by atoms with van der Waals surface area (Å²) in [4.78, 5) is 32.3. The molecule has 0 spiro atoms. The molecule has 0 radical (unpaired) electrons. The maximum absolute atomic E-state index is 12.2.